The zero-order chi connectivity index (χ0) is 26.1. The van der Waals surface area contributed by atoms with E-state index in [4.69, 9.17) is 0 Å². The van der Waals surface area contributed by atoms with Crippen LogP contribution in [0.25, 0.3) is 0 Å². The molecule has 1 unspecified atom stereocenters. The molecule has 196 valence electrons. The second-order valence-corrected chi connectivity index (χ2v) is 11.5. The minimum absolute atomic E-state index is 0.0695. The Hall–Kier alpha value is -3.00. The summed E-state index contributed by atoms with van der Waals surface area (Å²) in [6.07, 6.45) is 3.14. The van der Waals surface area contributed by atoms with Crippen LogP contribution in [0, 0.1) is 0 Å². The van der Waals surface area contributed by atoms with Crippen molar-refractivity contribution in [2.24, 2.45) is 0 Å². The van der Waals surface area contributed by atoms with Crippen molar-refractivity contribution in [3.63, 3.8) is 0 Å². The van der Waals surface area contributed by atoms with E-state index in [-0.39, 0.29) is 23.9 Å². The Morgan fingerprint density at radius 3 is 2.08 bits per heavy atom. The van der Waals surface area contributed by atoms with Crippen molar-refractivity contribution in [3.8, 4) is 0 Å². The SMILES string of the molecule is CCC(=O)N(c1ccccc1)C1CCN(CCC(NCS(=O)(=O)c2ccccc2)c2ccccc2)CC1. The largest absolute Gasteiger partial charge is 0.309 e. The lowest BCUT2D eigenvalue weighted by Gasteiger charge is -2.39. The van der Waals surface area contributed by atoms with Crippen LogP contribution >= 0.6 is 0 Å². The number of hydrogen-bond donors (Lipinski definition) is 1. The quantitative estimate of drug-likeness (QED) is 0.384. The van der Waals surface area contributed by atoms with Crippen LogP contribution in [0.4, 0.5) is 5.69 Å². The van der Waals surface area contributed by atoms with Crippen molar-refractivity contribution in [1.82, 2.24) is 10.2 Å². The second kappa shape index (κ2) is 13.0. The van der Waals surface area contributed by atoms with Gasteiger partial charge in [-0.25, -0.2) is 8.42 Å². The minimum atomic E-state index is -3.42. The number of carbonyl (C=O) groups is 1. The van der Waals surface area contributed by atoms with Crippen molar-refractivity contribution in [2.45, 2.75) is 49.6 Å². The van der Waals surface area contributed by atoms with Crippen LogP contribution in [0.15, 0.2) is 95.9 Å². The maximum absolute atomic E-state index is 12.9. The van der Waals surface area contributed by atoms with Gasteiger partial charge in [-0.05, 0) is 55.6 Å². The number of sulfone groups is 1. The van der Waals surface area contributed by atoms with Crippen LogP contribution in [0.2, 0.25) is 0 Å². The molecular formula is C30H37N3O3S. The fourth-order valence-corrected chi connectivity index (χ4v) is 6.18. The molecule has 3 aromatic rings. The van der Waals surface area contributed by atoms with Gasteiger partial charge >= 0.3 is 0 Å². The molecule has 1 N–H and O–H groups in total. The van der Waals surface area contributed by atoms with Crippen LogP contribution < -0.4 is 10.2 Å². The molecule has 6 nitrogen and oxygen atoms in total. The minimum Gasteiger partial charge on any atom is -0.309 e. The lowest BCUT2D eigenvalue weighted by atomic mass is 9.99. The highest BCUT2D eigenvalue weighted by Gasteiger charge is 2.28. The Labute approximate surface area is 221 Å². The lowest BCUT2D eigenvalue weighted by Crippen LogP contribution is -2.48. The molecule has 0 spiro atoms. The zero-order valence-electron chi connectivity index (χ0n) is 21.5. The third-order valence-electron chi connectivity index (χ3n) is 7.09. The molecule has 37 heavy (non-hydrogen) atoms. The smallest absolute Gasteiger partial charge is 0.226 e. The average Bonchev–Trinajstić information content (AvgIpc) is 2.95. The number of nitrogens with one attached hydrogen (secondary N) is 1. The summed E-state index contributed by atoms with van der Waals surface area (Å²) >= 11 is 0. The Morgan fingerprint density at radius 1 is 0.919 bits per heavy atom. The summed E-state index contributed by atoms with van der Waals surface area (Å²) in [6, 6.07) is 28.7. The fraction of sp³-hybridized carbons (Fsp3) is 0.367. The summed E-state index contributed by atoms with van der Waals surface area (Å²) in [7, 11) is -3.42. The number of para-hydroxylation sites is 1. The number of nitrogens with zero attached hydrogens (tertiary/aromatic N) is 2. The third kappa shape index (κ3) is 7.28. The first-order valence-corrected chi connectivity index (χ1v) is 14.8. The number of carbonyl (C=O) groups excluding carboxylic acids is 1. The normalized spacial score (nSPS) is 15.8. The highest BCUT2D eigenvalue weighted by atomic mass is 32.2. The van der Waals surface area contributed by atoms with Crippen molar-refractivity contribution in [1.29, 1.82) is 0 Å². The second-order valence-electron chi connectivity index (χ2n) is 9.55. The summed E-state index contributed by atoms with van der Waals surface area (Å²) in [5, 5.41) is 3.32. The van der Waals surface area contributed by atoms with Crippen LogP contribution in [-0.2, 0) is 14.6 Å². The molecule has 0 radical (unpaired) electrons. The van der Waals surface area contributed by atoms with E-state index in [0.29, 0.717) is 11.3 Å². The monoisotopic (exact) mass is 519 g/mol. The van der Waals surface area contributed by atoms with Gasteiger partial charge in [0.25, 0.3) is 0 Å². The first kappa shape index (κ1) is 27.0. The molecule has 4 rings (SSSR count). The number of piperidine rings is 1. The van der Waals surface area contributed by atoms with Crippen molar-refractivity contribution < 1.29 is 13.2 Å². The first-order chi connectivity index (χ1) is 18.0. The number of benzene rings is 3. The van der Waals surface area contributed by atoms with E-state index in [0.717, 1.165) is 50.1 Å². The van der Waals surface area contributed by atoms with Gasteiger partial charge in [-0.3, -0.25) is 10.1 Å². The van der Waals surface area contributed by atoms with Gasteiger partial charge in [0.15, 0.2) is 9.84 Å². The summed E-state index contributed by atoms with van der Waals surface area (Å²) in [6.45, 7) is 4.60. The van der Waals surface area contributed by atoms with Crippen molar-refractivity contribution in [3.05, 3.63) is 96.6 Å². The molecule has 1 aliphatic rings. The summed E-state index contributed by atoms with van der Waals surface area (Å²) < 4.78 is 25.7. The average molecular weight is 520 g/mol. The highest BCUT2D eigenvalue weighted by Crippen LogP contribution is 2.26. The van der Waals surface area contributed by atoms with Gasteiger partial charge in [-0.2, -0.15) is 0 Å². The topological polar surface area (TPSA) is 69.7 Å². The predicted molar refractivity (Wildman–Crippen MR) is 149 cm³/mol. The van der Waals surface area contributed by atoms with Crippen LogP contribution in [0.5, 0.6) is 0 Å². The molecule has 1 fully saturated rings. The maximum atomic E-state index is 12.9. The van der Waals surface area contributed by atoms with E-state index < -0.39 is 9.84 Å². The number of amides is 1. The predicted octanol–water partition coefficient (Wildman–Crippen LogP) is 5.05. The maximum Gasteiger partial charge on any atom is 0.226 e. The lowest BCUT2D eigenvalue weighted by molar-refractivity contribution is -0.119. The number of likely N-dealkylation sites (tertiary alicyclic amines) is 1. The van der Waals surface area contributed by atoms with Crippen LogP contribution in [0.3, 0.4) is 0 Å². The molecule has 3 aromatic carbocycles. The van der Waals surface area contributed by atoms with Gasteiger partial charge in [-0.15, -0.1) is 0 Å². The number of anilines is 1. The van der Waals surface area contributed by atoms with E-state index in [1.807, 2.05) is 78.6 Å². The molecule has 1 saturated heterocycles. The van der Waals surface area contributed by atoms with Crippen LogP contribution in [0.1, 0.15) is 44.2 Å². The van der Waals surface area contributed by atoms with Gasteiger partial charge in [0, 0.05) is 37.3 Å². The van der Waals surface area contributed by atoms with Gasteiger partial charge < -0.3 is 9.80 Å². The molecule has 7 heteroatoms. The molecule has 0 aromatic heterocycles. The molecule has 1 heterocycles. The summed E-state index contributed by atoms with van der Waals surface area (Å²) in [5.41, 5.74) is 2.06. The summed E-state index contributed by atoms with van der Waals surface area (Å²) in [5.74, 6) is 0.0571. The van der Waals surface area contributed by atoms with E-state index >= 15 is 0 Å². The van der Waals surface area contributed by atoms with Gasteiger partial charge in [-0.1, -0.05) is 73.7 Å². The number of rotatable bonds is 11. The molecule has 0 aliphatic carbocycles. The van der Waals surface area contributed by atoms with Crippen LogP contribution in [-0.4, -0.2) is 50.8 Å². The van der Waals surface area contributed by atoms with Gasteiger partial charge in [0.2, 0.25) is 5.91 Å². The highest BCUT2D eigenvalue weighted by molar-refractivity contribution is 7.91. The molecular weight excluding hydrogens is 482 g/mol. The molecule has 0 saturated carbocycles. The molecule has 0 bridgehead atoms. The van der Waals surface area contributed by atoms with Gasteiger partial charge in [0.1, 0.15) is 5.88 Å². The Balaban J connectivity index is 1.36. The molecule has 1 atom stereocenters. The van der Waals surface area contributed by atoms with E-state index in [9.17, 15) is 13.2 Å². The van der Waals surface area contributed by atoms with E-state index in [1.165, 1.54) is 0 Å². The zero-order valence-corrected chi connectivity index (χ0v) is 22.3. The Morgan fingerprint density at radius 2 is 1.49 bits per heavy atom. The van der Waals surface area contributed by atoms with Gasteiger partial charge in [0.05, 0.1) is 4.90 Å². The third-order valence-corrected chi connectivity index (χ3v) is 8.62. The Kier molecular flexibility index (Phi) is 9.50. The Bertz CT molecular complexity index is 1210. The summed E-state index contributed by atoms with van der Waals surface area (Å²) in [4.78, 5) is 17.5. The fourth-order valence-electron chi connectivity index (χ4n) is 5.02. The standard InChI is InChI=1S/C30H37N3O3S/c1-2-30(34)33(26-14-8-4-9-15-26)27-18-21-32(22-19-27)23-20-29(25-12-6-3-7-13-25)31-24-37(35,36)28-16-10-5-11-17-28/h3-17,27,29,31H,2,18-24H2,1H3. The molecule has 1 aliphatic heterocycles. The van der Waals surface area contributed by atoms with E-state index in [2.05, 4.69) is 10.2 Å². The number of hydrogen-bond acceptors (Lipinski definition) is 5. The van der Waals surface area contributed by atoms with Crippen molar-refractivity contribution in [2.75, 3.05) is 30.4 Å². The van der Waals surface area contributed by atoms with E-state index in [1.54, 1.807) is 24.3 Å². The first-order valence-electron chi connectivity index (χ1n) is 13.1. The molecule has 1 amide bonds. The van der Waals surface area contributed by atoms with Crippen molar-refractivity contribution >= 4 is 21.4 Å².